The largest absolute Gasteiger partial charge is 0.448 e. The summed E-state index contributed by atoms with van der Waals surface area (Å²) in [4.78, 5) is 23.1. The second-order valence-electron chi connectivity index (χ2n) is 23.7. The molecule has 1 aromatic carbocycles. The van der Waals surface area contributed by atoms with Crippen LogP contribution in [0.15, 0.2) is 30.5 Å². The second kappa shape index (κ2) is 27.3. The highest BCUT2D eigenvalue weighted by atomic mass is 127. The molecule has 0 aliphatic carbocycles. The van der Waals surface area contributed by atoms with Crippen LogP contribution in [-0.4, -0.2) is 236 Å². The minimum absolute atomic E-state index is 0.0849. The number of methoxy groups -OCH3 is 2. The third kappa shape index (κ3) is 15.5. The van der Waals surface area contributed by atoms with E-state index in [1.807, 2.05) is 72.5 Å². The lowest BCUT2D eigenvalue weighted by Gasteiger charge is -2.49. The Kier molecular flexibility index (Phi) is 22.7. The van der Waals surface area contributed by atoms with Gasteiger partial charge in [0.05, 0.1) is 47.2 Å². The van der Waals surface area contributed by atoms with Crippen molar-refractivity contribution in [3.05, 3.63) is 47.3 Å². The Labute approximate surface area is 470 Å². The third-order valence-corrected chi connectivity index (χ3v) is 18.7. The first-order chi connectivity index (χ1) is 36.1. The fourth-order valence-corrected chi connectivity index (χ4v) is 12.6. The van der Waals surface area contributed by atoms with Gasteiger partial charge in [0.15, 0.2) is 16.7 Å². The summed E-state index contributed by atoms with van der Waals surface area (Å²) in [6, 6.07) is 6.32. The zero-order valence-electron chi connectivity index (χ0n) is 48.1. The molecule has 0 spiro atoms. The van der Waals surface area contributed by atoms with E-state index >= 15 is 0 Å². The van der Waals surface area contributed by atoms with Crippen LogP contribution in [0.2, 0.25) is 0 Å². The van der Waals surface area contributed by atoms with Crippen LogP contribution in [0.3, 0.4) is 0 Å². The van der Waals surface area contributed by atoms with Gasteiger partial charge in [-0.2, -0.15) is 0 Å². The van der Waals surface area contributed by atoms with E-state index in [0.717, 1.165) is 38.3 Å². The maximum atomic E-state index is 15.0. The van der Waals surface area contributed by atoms with E-state index in [1.54, 1.807) is 54.8 Å². The van der Waals surface area contributed by atoms with Gasteiger partial charge in [-0.15, -0.1) is 5.10 Å². The number of hydrogen-bond acceptors (Lipinski definition) is 19. The maximum absolute atomic E-state index is 15.0. The second-order valence-corrected chi connectivity index (χ2v) is 24.9. The number of benzene rings is 1. The molecule has 22 heteroatoms. The Bertz CT molecular complexity index is 2140. The van der Waals surface area contributed by atoms with E-state index < -0.39 is 125 Å². The predicted octanol–water partition coefficient (Wildman–Crippen LogP) is 3.73. The van der Waals surface area contributed by atoms with Crippen LogP contribution in [0.1, 0.15) is 111 Å². The zero-order chi connectivity index (χ0) is 56.9. The van der Waals surface area contributed by atoms with Crippen molar-refractivity contribution in [1.82, 2.24) is 34.6 Å². The monoisotopic (exact) mass is 1210 g/mol. The minimum atomic E-state index is -1.87. The SMILES string of the molecule is CO[C@H](c1ccc(CN2CCN(C)CC2)cc1)[C@@H](CF)n1cc(CCN(C)[C@H]2C[C@@H](C)O[C@@H](O[C@@H]3[C@@H](C)[C@H](O[C@H]4C[C@@](C)(OC)[C@@H](O)[C@H](C)O4)[C@@H](C)C(=O)O[C@H](I)[C@@](C)(O)[C@H](O)[C@@H](C)N(C)C[C@H](C)C[C@@]3(C)O)[C@@H]2O)nn1. The maximum Gasteiger partial charge on any atom is 0.312 e. The van der Waals surface area contributed by atoms with Crippen LogP contribution in [0.4, 0.5) is 4.39 Å². The van der Waals surface area contributed by atoms with E-state index in [1.165, 1.54) is 24.3 Å². The summed E-state index contributed by atoms with van der Waals surface area (Å²) in [5.41, 5.74) is -1.95. The van der Waals surface area contributed by atoms with Crippen LogP contribution in [0, 0.1) is 17.8 Å². The Morgan fingerprint density at radius 3 is 2.22 bits per heavy atom. The number of carbonyl (C=O) groups excluding carboxylic acids is 1. The molecular weight excluding hydrogens is 1110 g/mol. The van der Waals surface area contributed by atoms with Gasteiger partial charge in [-0.25, -0.2) is 9.07 Å². The molecule has 5 N–H and O–H groups in total. The number of aliphatic hydroxyl groups is 5. The highest BCUT2D eigenvalue weighted by molar-refractivity contribution is 14.1. The van der Waals surface area contributed by atoms with Gasteiger partial charge in [0.1, 0.15) is 42.7 Å². The number of carbonyl (C=O) groups is 1. The van der Waals surface area contributed by atoms with Crippen molar-refractivity contribution in [2.45, 2.75) is 195 Å². The summed E-state index contributed by atoms with van der Waals surface area (Å²) in [5.74, 6) is -2.90. The van der Waals surface area contributed by atoms with Crippen LogP contribution >= 0.6 is 22.6 Å². The fourth-order valence-electron chi connectivity index (χ4n) is 12.0. The molecule has 0 amide bonds. The first kappa shape index (κ1) is 64.1. The number of rotatable bonds is 16. The Balaban J connectivity index is 1.22. The molecule has 6 rings (SSSR count). The number of likely N-dealkylation sites (N-methyl/N-ethyl adjacent to an activating group) is 3. The Morgan fingerprint density at radius 2 is 1.60 bits per heavy atom. The lowest BCUT2D eigenvalue weighted by atomic mass is 9.77. The number of halogens is 2. The standard InChI is InChI=1S/C55H93FIN7O13/c1-32-26-53(7,69)49(34(3)45(75-43-27-54(8,72-14)48(67)37(6)74-43)35(4)50(68)77-52(57)55(9,70)47(66)36(5)62(12)29-32)76-51-44(65)41(25-33(2)73-51)61(11)20-19-40-31-64(59-58-40)42(28-56)46(71-13)39-17-15-38(16-18-39)30-63-23-21-60(10)22-24-63/h15-18,31-37,41-49,51-52,65-67,69-70H,19-30H2,1-14H3/t32-,33-,34+,35-,36-,37+,41+,42-,43+,44-,45+,46-,47-,48+,49-,51+,52+,53-,54-,55+/m1/s1. The normalized spacial score (nSPS) is 39.9. The average molecular weight is 1210 g/mol. The summed E-state index contributed by atoms with van der Waals surface area (Å²) in [7, 11) is 8.93. The molecule has 5 heterocycles. The van der Waals surface area contributed by atoms with Crippen molar-refractivity contribution in [1.29, 1.82) is 0 Å². The van der Waals surface area contributed by atoms with E-state index in [0.29, 0.717) is 31.6 Å². The number of aromatic nitrogens is 3. The number of hydrogen-bond donors (Lipinski definition) is 5. The summed E-state index contributed by atoms with van der Waals surface area (Å²) in [5, 5.41) is 68.3. The van der Waals surface area contributed by atoms with E-state index in [2.05, 4.69) is 39.3 Å². The van der Waals surface area contributed by atoms with Crippen molar-refractivity contribution in [2.24, 2.45) is 17.8 Å². The quantitative estimate of drug-likeness (QED) is 0.0917. The van der Waals surface area contributed by atoms with Gasteiger partial charge in [-0.05, 0) is 122 Å². The Morgan fingerprint density at radius 1 is 0.935 bits per heavy atom. The first-order valence-corrected chi connectivity index (χ1v) is 28.8. The van der Waals surface area contributed by atoms with Gasteiger partial charge in [-0.1, -0.05) is 43.3 Å². The molecule has 20 nitrogen and oxygen atoms in total. The minimum Gasteiger partial charge on any atom is -0.448 e. The molecule has 4 aliphatic rings. The lowest BCUT2D eigenvalue weighted by Crippen LogP contribution is -2.60. The molecule has 20 atom stereocenters. The third-order valence-electron chi connectivity index (χ3n) is 17.2. The predicted molar refractivity (Wildman–Crippen MR) is 295 cm³/mol. The molecular formula is C55H93FIN7O13. The van der Waals surface area contributed by atoms with Gasteiger partial charge in [-0.3, -0.25) is 9.69 Å². The zero-order valence-corrected chi connectivity index (χ0v) is 50.2. The summed E-state index contributed by atoms with van der Waals surface area (Å²) >= 11 is 1.82. The van der Waals surface area contributed by atoms with Crippen molar-refractivity contribution in [3.63, 3.8) is 0 Å². The summed E-state index contributed by atoms with van der Waals surface area (Å²) < 4.78 is 59.4. The molecule has 0 bridgehead atoms. The van der Waals surface area contributed by atoms with E-state index in [9.17, 15) is 34.7 Å². The topological polar surface area (TPSA) is 226 Å². The molecule has 4 fully saturated rings. The van der Waals surface area contributed by atoms with Gasteiger partial charge in [0.25, 0.3) is 0 Å². The van der Waals surface area contributed by atoms with Crippen LogP contribution in [0.25, 0.3) is 0 Å². The molecule has 0 saturated carbocycles. The molecule has 4 saturated heterocycles. The van der Waals surface area contributed by atoms with Crippen molar-refractivity contribution < 1.29 is 67.9 Å². The van der Waals surface area contributed by atoms with Crippen molar-refractivity contribution >= 4 is 28.6 Å². The number of esters is 1. The molecule has 440 valence electrons. The van der Waals surface area contributed by atoms with Crippen LogP contribution < -0.4 is 0 Å². The number of aliphatic hydroxyl groups excluding tert-OH is 3. The molecule has 0 unspecified atom stereocenters. The van der Waals surface area contributed by atoms with Gasteiger partial charge in [0, 0.05) is 97.1 Å². The molecule has 0 radical (unpaired) electrons. The van der Waals surface area contributed by atoms with Crippen molar-refractivity contribution in [3.8, 4) is 0 Å². The lowest BCUT2D eigenvalue weighted by molar-refractivity contribution is -0.318. The first-order valence-electron chi connectivity index (χ1n) is 27.5. The smallest absolute Gasteiger partial charge is 0.312 e. The number of cyclic esters (lactones) is 1. The number of nitrogens with zero attached hydrogens (tertiary/aromatic N) is 7. The molecule has 4 aliphatic heterocycles. The summed E-state index contributed by atoms with van der Waals surface area (Å²) in [6.07, 6.45) is -6.95. The number of alkyl halides is 2. The molecule has 1 aromatic heterocycles. The Hall–Kier alpha value is -2.11. The number of piperazine rings is 1. The van der Waals surface area contributed by atoms with Gasteiger partial charge in [0.2, 0.25) is 0 Å². The van der Waals surface area contributed by atoms with E-state index in [-0.39, 0.29) is 18.8 Å². The van der Waals surface area contributed by atoms with Crippen LogP contribution in [0.5, 0.6) is 0 Å². The highest BCUT2D eigenvalue weighted by Crippen LogP contribution is 2.41. The molecule has 2 aromatic rings. The fraction of sp³-hybridized carbons (Fsp3) is 0.836. The molecule has 77 heavy (non-hydrogen) atoms. The summed E-state index contributed by atoms with van der Waals surface area (Å²) in [6.45, 7) is 20.7. The average Bonchev–Trinajstić information content (AvgIpc) is 3.87. The van der Waals surface area contributed by atoms with Crippen LogP contribution in [-0.2, 0) is 50.9 Å². The highest BCUT2D eigenvalue weighted by Gasteiger charge is 2.53. The number of ether oxygens (including phenoxy) is 7. The van der Waals surface area contributed by atoms with Crippen molar-refractivity contribution in [2.75, 3.05) is 81.3 Å². The van der Waals surface area contributed by atoms with Gasteiger partial charge >= 0.3 is 5.97 Å². The van der Waals surface area contributed by atoms with E-state index in [4.69, 9.17) is 33.2 Å². The van der Waals surface area contributed by atoms with Gasteiger partial charge < -0.3 is 73.4 Å².